The normalized spacial score (nSPS) is 14.6. The fraction of sp³-hybridized carbons (Fsp3) is 0.538. The number of hydrogen-bond donors (Lipinski definition) is 2. The summed E-state index contributed by atoms with van der Waals surface area (Å²) < 4.78 is 0. The first-order chi connectivity index (χ1) is 7.60. The molecule has 3 heteroatoms. The van der Waals surface area contributed by atoms with Crippen molar-refractivity contribution in [2.75, 3.05) is 26.0 Å². The molecule has 0 bridgehead atoms. The summed E-state index contributed by atoms with van der Waals surface area (Å²) in [5, 5.41) is 13.3. The van der Waals surface area contributed by atoms with Crippen LogP contribution < -0.4 is 10.2 Å². The van der Waals surface area contributed by atoms with E-state index in [1.807, 2.05) is 50.3 Å². The van der Waals surface area contributed by atoms with Crippen molar-refractivity contribution in [3.05, 3.63) is 29.8 Å². The highest BCUT2D eigenvalue weighted by Gasteiger charge is 2.16. The molecule has 16 heavy (non-hydrogen) atoms. The molecule has 2 atom stereocenters. The van der Waals surface area contributed by atoms with E-state index in [0.29, 0.717) is 0 Å². The van der Waals surface area contributed by atoms with Gasteiger partial charge >= 0.3 is 0 Å². The number of nitrogens with one attached hydrogen (secondary N) is 1. The summed E-state index contributed by atoms with van der Waals surface area (Å²) in [7, 11) is 5.90. The van der Waals surface area contributed by atoms with Crippen molar-refractivity contribution in [2.24, 2.45) is 0 Å². The maximum absolute atomic E-state index is 10.1. The first kappa shape index (κ1) is 13.0. The minimum Gasteiger partial charge on any atom is -0.387 e. The first-order valence-corrected chi connectivity index (χ1v) is 5.72. The third kappa shape index (κ3) is 2.97. The summed E-state index contributed by atoms with van der Waals surface area (Å²) in [6, 6.07) is 8.15. The summed E-state index contributed by atoms with van der Waals surface area (Å²) in [5.74, 6) is 0. The number of nitrogens with zero attached hydrogens (tertiary/aromatic N) is 1. The van der Waals surface area contributed by atoms with Crippen molar-refractivity contribution in [3.63, 3.8) is 0 Å². The number of aliphatic hydroxyl groups excluding tert-OH is 1. The smallest absolute Gasteiger partial charge is 0.0942 e. The van der Waals surface area contributed by atoms with Crippen LogP contribution in [0.25, 0.3) is 0 Å². The van der Waals surface area contributed by atoms with Gasteiger partial charge in [-0.1, -0.05) is 19.1 Å². The highest BCUT2D eigenvalue weighted by atomic mass is 16.3. The van der Waals surface area contributed by atoms with Gasteiger partial charge in [-0.15, -0.1) is 0 Å². The van der Waals surface area contributed by atoms with E-state index in [-0.39, 0.29) is 6.04 Å². The van der Waals surface area contributed by atoms with Gasteiger partial charge in [-0.3, -0.25) is 0 Å². The van der Waals surface area contributed by atoms with Crippen LogP contribution in [0.4, 0.5) is 5.69 Å². The molecule has 2 unspecified atom stereocenters. The molecular formula is C13H22N2O. The molecule has 0 fully saturated rings. The molecule has 1 aromatic carbocycles. The zero-order valence-corrected chi connectivity index (χ0v) is 10.6. The van der Waals surface area contributed by atoms with E-state index < -0.39 is 6.10 Å². The number of aliphatic hydroxyl groups is 1. The van der Waals surface area contributed by atoms with Gasteiger partial charge in [-0.25, -0.2) is 0 Å². The molecule has 0 aliphatic carbocycles. The number of benzene rings is 1. The molecule has 0 aromatic heterocycles. The summed E-state index contributed by atoms with van der Waals surface area (Å²) >= 11 is 0. The van der Waals surface area contributed by atoms with Crippen LogP contribution in [0.5, 0.6) is 0 Å². The molecule has 0 amide bonds. The van der Waals surface area contributed by atoms with Gasteiger partial charge in [0.15, 0.2) is 0 Å². The van der Waals surface area contributed by atoms with Crippen LogP contribution in [0.15, 0.2) is 24.3 Å². The van der Waals surface area contributed by atoms with E-state index in [4.69, 9.17) is 0 Å². The zero-order valence-electron chi connectivity index (χ0n) is 10.6. The Balaban J connectivity index is 2.80. The minimum atomic E-state index is -0.439. The van der Waals surface area contributed by atoms with Gasteiger partial charge in [0.2, 0.25) is 0 Å². The van der Waals surface area contributed by atoms with Crippen molar-refractivity contribution in [1.29, 1.82) is 0 Å². The van der Waals surface area contributed by atoms with Gasteiger partial charge in [0.1, 0.15) is 0 Å². The SMILES string of the molecule is CCC(NC)C(O)c1ccc(N(C)C)cc1. The van der Waals surface area contributed by atoms with Crippen LogP contribution in [0.1, 0.15) is 25.0 Å². The Morgan fingerprint density at radius 1 is 1.25 bits per heavy atom. The molecule has 90 valence electrons. The number of rotatable bonds is 5. The molecule has 1 aromatic rings. The zero-order chi connectivity index (χ0) is 12.1. The Morgan fingerprint density at radius 3 is 2.19 bits per heavy atom. The number of hydrogen-bond acceptors (Lipinski definition) is 3. The molecule has 0 radical (unpaired) electrons. The molecule has 0 aliphatic rings. The first-order valence-electron chi connectivity index (χ1n) is 5.72. The lowest BCUT2D eigenvalue weighted by atomic mass is 10.0. The highest BCUT2D eigenvalue weighted by Crippen LogP contribution is 2.21. The second kappa shape index (κ2) is 5.87. The van der Waals surface area contributed by atoms with E-state index in [9.17, 15) is 5.11 Å². The summed E-state index contributed by atoms with van der Waals surface area (Å²) in [4.78, 5) is 2.05. The van der Waals surface area contributed by atoms with Crippen molar-refractivity contribution in [1.82, 2.24) is 5.32 Å². The van der Waals surface area contributed by atoms with Crippen LogP contribution in [-0.4, -0.2) is 32.3 Å². The lowest BCUT2D eigenvalue weighted by molar-refractivity contribution is 0.130. The van der Waals surface area contributed by atoms with Crippen molar-refractivity contribution < 1.29 is 5.11 Å². The summed E-state index contributed by atoms with van der Waals surface area (Å²) in [6.45, 7) is 2.07. The largest absolute Gasteiger partial charge is 0.387 e. The Labute approximate surface area is 98.1 Å². The van der Waals surface area contributed by atoms with Gasteiger partial charge < -0.3 is 15.3 Å². The van der Waals surface area contributed by atoms with Crippen LogP contribution >= 0.6 is 0 Å². The van der Waals surface area contributed by atoms with Crippen LogP contribution in [-0.2, 0) is 0 Å². The van der Waals surface area contributed by atoms with Gasteiger partial charge in [0, 0.05) is 25.8 Å². The Morgan fingerprint density at radius 2 is 1.81 bits per heavy atom. The van der Waals surface area contributed by atoms with Crippen molar-refractivity contribution >= 4 is 5.69 Å². The molecule has 0 saturated heterocycles. The Bertz CT molecular complexity index is 304. The molecular weight excluding hydrogens is 200 g/mol. The number of anilines is 1. The van der Waals surface area contributed by atoms with E-state index in [1.54, 1.807) is 0 Å². The topological polar surface area (TPSA) is 35.5 Å². The maximum Gasteiger partial charge on any atom is 0.0942 e. The van der Waals surface area contributed by atoms with Gasteiger partial charge in [0.05, 0.1) is 6.10 Å². The third-order valence-corrected chi connectivity index (χ3v) is 2.94. The standard InChI is InChI=1S/C13H22N2O/c1-5-12(14-2)13(16)10-6-8-11(9-7-10)15(3)4/h6-9,12-14,16H,5H2,1-4H3. The summed E-state index contributed by atoms with van der Waals surface area (Å²) in [6.07, 6.45) is 0.471. The fourth-order valence-electron chi connectivity index (χ4n) is 1.79. The molecule has 1 rings (SSSR count). The lowest BCUT2D eigenvalue weighted by Crippen LogP contribution is -2.31. The van der Waals surface area contributed by atoms with E-state index in [2.05, 4.69) is 12.2 Å². The average molecular weight is 222 g/mol. The highest BCUT2D eigenvalue weighted by molar-refractivity contribution is 5.46. The van der Waals surface area contributed by atoms with Crippen LogP contribution in [0.2, 0.25) is 0 Å². The molecule has 3 nitrogen and oxygen atoms in total. The van der Waals surface area contributed by atoms with Gasteiger partial charge in [-0.05, 0) is 31.2 Å². The quantitative estimate of drug-likeness (QED) is 0.797. The predicted molar refractivity (Wildman–Crippen MR) is 68.9 cm³/mol. The van der Waals surface area contributed by atoms with Crippen LogP contribution in [0.3, 0.4) is 0 Å². The van der Waals surface area contributed by atoms with Crippen molar-refractivity contribution in [2.45, 2.75) is 25.5 Å². The van der Waals surface area contributed by atoms with Gasteiger partial charge in [-0.2, -0.15) is 0 Å². The lowest BCUT2D eigenvalue weighted by Gasteiger charge is -2.22. The van der Waals surface area contributed by atoms with Crippen LogP contribution in [0, 0.1) is 0 Å². The van der Waals surface area contributed by atoms with E-state index in [1.165, 1.54) is 0 Å². The molecule has 0 saturated carbocycles. The average Bonchev–Trinajstić information content (AvgIpc) is 2.30. The Kier molecular flexibility index (Phi) is 4.77. The summed E-state index contributed by atoms with van der Waals surface area (Å²) in [5.41, 5.74) is 2.11. The molecule has 0 spiro atoms. The number of likely N-dealkylation sites (N-methyl/N-ethyl adjacent to an activating group) is 1. The third-order valence-electron chi connectivity index (χ3n) is 2.94. The van der Waals surface area contributed by atoms with E-state index >= 15 is 0 Å². The molecule has 0 aliphatic heterocycles. The minimum absolute atomic E-state index is 0.116. The second-order valence-corrected chi connectivity index (χ2v) is 4.23. The molecule has 2 N–H and O–H groups in total. The second-order valence-electron chi connectivity index (χ2n) is 4.23. The van der Waals surface area contributed by atoms with Crippen molar-refractivity contribution in [3.8, 4) is 0 Å². The fourth-order valence-corrected chi connectivity index (χ4v) is 1.79. The maximum atomic E-state index is 10.1. The van der Waals surface area contributed by atoms with Gasteiger partial charge in [0.25, 0.3) is 0 Å². The van der Waals surface area contributed by atoms with E-state index in [0.717, 1.165) is 17.7 Å². The predicted octanol–water partition coefficient (Wildman–Crippen LogP) is 1.78. The Hall–Kier alpha value is -1.06. The monoisotopic (exact) mass is 222 g/mol. The molecule has 0 heterocycles.